The normalized spacial score (nSPS) is 13.8. The third kappa shape index (κ3) is 4.08. The molecule has 18 heavy (non-hydrogen) atoms. The molecule has 0 bridgehead atoms. The predicted molar refractivity (Wildman–Crippen MR) is 70.7 cm³/mol. The molecule has 0 aromatic carbocycles. The lowest BCUT2D eigenvalue weighted by atomic mass is 10.3. The molecule has 1 aromatic heterocycles. The van der Waals surface area contributed by atoms with E-state index in [9.17, 15) is 8.42 Å². The van der Waals surface area contributed by atoms with E-state index in [0.717, 1.165) is 13.0 Å². The van der Waals surface area contributed by atoms with Crippen LogP contribution in [-0.4, -0.2) is 30.6 Å². The highest BCUT2D eigenvalue weighted by Gasteiger charge is 2.18. The molecule has 104 valence electrons. The van der Waals surface area contributed by atoms with Crippen molar-refractivity contribution in [3.63, 3.8) is 0 Å². The number of rotatable bonds is 7. The van der Waals surface area contributed by atoms with Crippen molar-refractivity contribution in [3.8, 4) is 0 Å². The van der Waals surface area contributed by atoms with Crippen molar-refractivity contribution < 1.29 is 8.42 Å². The average molecular weight is 274 g/mol. The molecule has 0 radical (unpaired) electrons. The van der Waals surface area contributed by atoms with Crippen LogP contribution in [-0.2, 0) is 16.6 Å². The number of hydrogen-bond donors (Lipinski definition) is 2. The third-order valence-corrected chi connectivity index (χ3v) is 3.92. The van der Waals surface area contributed by atoms with E-state index < -0.39 is 10.0 Å². The molecule has 1 aromatic rings. The van der Waals surface area contributed by atoms with Crippen molar-refractivity contribution in [1.82, 2.24) is 14.3 Å². The van der Waals surface area contributed by atoms with Crippen LogP contribution in [0.2, 0.25) is 0 Å². The van der Waals surface area contributed by atoms with Gasteiger partial charge in [-0.1, -0.05) is 6.92 Å². The van der Waals surface area contributed by atoms with Crippen LogP contribution in [0, 0.1) is 6.92 Å². The second-order valence-electron chi connectivity index (χ2n) is 4.48. The van der Waals surface area contributed by atoms with E-state index in [1.807, 2.05) is 18.4 Å². The predicted octanol–water partition coefficient (Wildman–Crippen LogP) is 0.617. The standard InChI is InChI=1S/C11H22N4O2S/c1-4-7-15-8-11(14-10(15)3)18(16,17)13-6-5-9(2)12/h8-9,13H,4-7,12H2,1-3H3. The number of nitrogens with one attached hydrogen (secondary N) is 1. The highest BCUT2D eigenvalue weighted by Crippen LogP contribution is 2.09. The summed E-state index contributed by atoms with van der Waals surface area (Å²) in [5.74, 6) is 0.712. The lowest BCUT2D eigenvalue weighted by Crippen LogP contribution is -2.29. The van der Waals surface area contributed by atoms with Gasteiger partial charge in [-0.05, 0) is 26.7 Å². The summed E-state index contributed by atoms with van der Waals surface area (Å²) in [6, 6.07) is -0.0212. The Morgan fingerprint density at radius 2 is 2.22 bits per heavy atom. The second-order valence-corrected chi connectivity index (χ2v) is 6.20. The molecule has 7 heteroatoms. The fourth-order valence-corrected chi connectivity index (χ4v) is 2.62. The van der Waals surface area contributed by atoms with Gasteiger partial charge in [-0.2, -0.15) is 0 Å². The maximum absolute atomic E-state index is 12.0. The molecule has 0 fully saturated rings. The Bertz CT molecular complexity index is 479. The minimum Gasteiger partial charge on any atom is -0.334 e. The van der Waals surface area contributed by atoms with Crippen molar-refractivity contribution in [2.24, 2.45) is 5.73 Å². The lowest BCUT2D eigenvalue weighted by Gasteiger charge is -2.06. The molecule has 3 N–H and O–H groups in total. The van der Waals surface area contributed by atoms with Crippen LogP contribution in [0.1, 0.15) is 32.5 Å². The zero-order chi connectivity index (χ0) is 13.8. The summed E-state index contributed by atoms with van der Waals surface area (Å²) in [7, 11) is -3.51. The zero-order valence-electron chi connectivity index (χ0n) is 11.2. The first kappa shape index (κ1) is 15.1. The van der Waals surface area contributed by atoms with Crippen molar-refractivity contribution in [2.45, 2.75) is 51.2 Å². The maximum atomic E-state index is 12.0. The fourth-order valence-electron chi connectivity index (χ4n) is 1.57. The highest BCUT2D eigenvalue weighted by molar-refractivity contribution is 7.89. The fraction of sp³-hybridized carbons (Fsp3) is 0.727. The number of aryl methyl sites for hydroxylation is 2. The second kappa shape index (κ2) is 6.31. The topological polar surface area (TPSA) is 90.0 Å². The van der Waals surface area contributed by atoms with Gasteiger partial charge in [0.2, 0.25) is 0 Å². The van der Waals surface area contributed by atoms with Gasteiger partial charge in [-0.15, -0.1) is 0 Å². The van der Waals surface area contributed by atoms with E-state index in [1.54, 1.807) is 13.1 Å². The van der Waals surface area contributed by atoms with Crippen LogP contribution in [0.5, 0.6) is 0 Å². The van der Waals surface area contributed by atoms with E-state index in [2.05, 4.69) is 9.71 Å². The van der Waals surface area contributed by atoms with Gasteiger partial charge < -0.3 is 10.3 Å². The Kier molecular flexibility index (Phi) is 5.30. The van der Waals surface area contributed by atoms with Crippen LogP contribution in [0.15, 0.2) is 11.2 Å². The Morgan fingerprint density at radius 3 is 2.78 bits per heavy atom. The minimum atomic E-state index is -3.51. The summed E-state index contributed by atoms with van der Waals surface area (Å²) in [4.78, 5) is 4.08. The van der Waals surface area contributed by atoms with Gasteiger partial charge in [0.1, 0.15) is 5.82 Å². The van der Waals surface area contributed by atoms with E-state index in [1.165, 1.54) is 0 Å². The number of nitrogens with two attached hydrogens (primary N) is 1. The minimum absolute atomic E-state index is 0.0212. The summed E-state index contributed by atoms with van der Waals surface area (Å²) < 4.78 is 28.3. The van der Waals surface area contributed by atoms with Gasteiger partial charge in [0, 0.05) is 25.3 Å². The summed E-state index contributed by atoms with van der Waals surface area (Å²) >= 11 is 0. The van der Waals surface area contributed by atoms with Crippen molar-refractivity contribution in [2.75, 3.05) is 6.54 Å². The van der Waals surface area contributed by atoms with Crippen LogP contribution >= 0.6 is 0 Å². The molecule has 1 heterocycles. The molecule has 0 amide bonds. The molecule has 0 aliphatic heterocycles. The maximum Gasteiger partial charge on any atom is 0.259 e. The first-order valence-electron chi connectivity index (χ1n) is 6.16. The van der Waals surface area contributed by atoms with Gasteiger partial charge in [-0.3, -0.25) is 0 Å². The van der Waals surface area contributed by atoms with Gasteiger partial charge in [-0.25, -0.2) is 18.1 Å². The summed E-state index contributed by atoms with van der Waals surface area (Å²) in [6.45, 7) is 6.79. The first-order valence-corrected chi connectivity index (χ1v) is 7.64. The van der Waals surface area contributed by atoms with Crippen LogP contribution in [0.4, 0.5) is 0 Å². The smallest absolute Gasteiger partial charge is 0.259 e. The van der Waals surface area contributed by atoms with Crippen molar-refractivity contribution in [3.05, 3.63) is 12.0 Å². The molecule has 1 rings (SSSR count). The summed E-state index contributed by atoms with van der Waals surface area (Å²) in [6.07, 6.45) is 3.12. The van der Waals surface area contributed by atoms with E-state index in [-0.39, 0.29) is 11.1 Å². The lowest BCUT2D eigenvalue weighted by molar-refractivity contribution is 0.568. The SMILES string of the molecule is CCCn1cc(S(=O)(=O)NCCC(C)N)nc1C. The Labute approximate surface area is 109 Å². The van der Waals surface area contributed by atoms with Gasteiger partial charge in [0.25, 0.3) is 10.0 Å². The molecular formula is C11H22N4O2S. The van der Waals surface area contributed by atoms with Crippen LogP contribution in [0.25, 0.3) is 0 Å². The van der Waals surface area contributed by atoms with Crippen molar-refractivity contribution in [1.29, 1.82) is 0 Å². The third-order valence-electron chi connectivity index (χ3n) is 2.59. The Balaban J connectivity index is 2.75. The summed E-state index contributed by atoms with van der Waals surface area (Å²) in [5.41, 5.74) is 5.57. The molecule has 0 aliphatic carbocycles. The number of aromatic nitrogens is 2. The quantitative estimate of drug-likeness (QED) is 0.762. The molecule has 6 nitrogen and oxygen atoms in total. The van der Waals surface area contributed by atoms with Crippen molar-refractivity contribution >= 4 is 10.0 Å². The largest absolute Gasteiger partial charge is 0.334 e. The molecule has 0 saturated heterocycles. The van der Waals surface area contributed by atoms with Crippen LogP contribution in [0.3, 0.4) is 0 Å². The highest BCUT2D eigenvalue weighted by atomic mass is 32.2. The molecule has 1 atom stereocenters. The molecule has 0 aliphatic rings. The number of nitrogens with zero attached hydrogens (tertiary/aromatic N) is 2. The summed E-state index contributed by atoms with van der Waals surface area (Å²) in [5, 5.41) is 0.0816. The Hall–Kier alpha value is -0.920. The van der Waals surface area contributed by atoms with E-state index in [4.69, 9.17) is 5.73 Å². The monoisotopic (exact) mass is 274 g/mol. The molecule has 0 spiro atoms. The van der Waals surface area contributed by atoms with Crippen LogP contribution < -0.4 is 10.5 Å². The first-order chi connectivity index (χ1) is 8.36. The number of sulfonamides is 1. The van der Waals surface area contributed by atoms with E-state index in [0.29, 0.717) is 18.8 Å². The number of imidazole rings is 1. The van der Waals surface area contributed by atoms with Gasteiger partial charge >= 0.3 is 0 Å². The van der Waals surface area contributed by atoms with E-state index >= 15 is 0 Å². The van der Waals surface area contributed by atoms with Gasteiger partial charge in [0.15, 0.2) is 5.03 Å². The molecule has 1 unspecified atom stereocenters. The molecular weight excluding hydrogens is 252 g/mol. The number of hydrogen-bond acceptors (Lipinski definition) is 4. The average Bonchev–Trinajstić information content (AvgIpc) is 2.61. The zero-order valence-corrected chi connectivity index (χ0v) is 12.0. The molecule has 0 saturated carbocycles. The van der Waals surface area contributed by atoms with Gasteiger partial charge in [0.05, 0.1) is 0 Å². The Morgan fingerprint density at radius 1 is 1.56 bits per heavy atom.